The first-order valence-corrected chi connectivity index (χ1v) is 7.34. The van der Waals surface area contributed by atoms with Gasteiger partial charge in [-0.1, -0.05) is 35.3 Å². The second-order valence-electron chi connectivity index (χ2n) is 4.21. The van der Waals surface area contributed by atoms with Crippen LogP contribution < -0.4 is 0 Å². The third-order valence-electron chi connectivity index (χ3n) is 2.75. The van der Waals surface area contributed by atoms with E-state index in [2.05, 4.69) is 20.9 Å². The van der Waals surface area contributed by atoms with Gasteiger partial charge in [0.1, 0.15) is 5.69 Å². The van der Waals surface area contributed by atoms with E-state index in [1.165, 1.54) is 0 Å². The standard InChI is InChI=1S/C14H11BrCl2N2O/c1-19(8-9-4-2-6-11(16)12(9)17)14(20)13-10(15)5-3-7-18-13/h2-7H,8H2,1H3. The van der Waals surface area contributed by atoms with Gasteiger partial charge in [0, 0.05) is 24.3 Å². The van der Waals surface area contributed by atoms with Crippen LogP contribution in [0.25, 0.3) is 0 Å². The van der Waals surface area contributed by atoms with E-state index in [0.717, 1.165) is 5.56 Å². The van der Waals surface area contributed by atoms with Gasteiger partial charge in [0.15, 0.2) is 0 Å². The minimum absolute atomic E-state index is 0.187. The van der Waals surface area contributed by atoms with Gasteiger partial charge in [-0.05, 0) is 39.7 Å². The average Bonchev–Trinajstić information content (AvgIpc) is 2.43. The van der Waals surface area contributed by atoms with Crippen molar-refractivity contribution in [3.8, 4) is 0 Å². The summed E-state index contributed by atoms with van der Waals surface area (Å²) in [7, 11) is 1.70. The SMILES string of the molecule is CN(Cc1cccc(Cl)c1Cl)C(=O)c1ncccc1Br. The van der Waals surface area contributed by atoms with Gasteiger partial charge in [0.05, 0.1) is 10.0 Å². The van der Waals surface area contributed by atoms with Crippen LogP contribution in [-0.2, 0) is 6.54 Å². The molecule has 104 valence electrons. The monoisotopic (exact) mass is 372 g/mol. The third-order valence-corrected chi connectivity index (χ3v) is 4.24. The Bertz CT molecular complexity index is 649. The number of halogens is 3. The van der Waals surface area contributed by atoms with Crippen molar-refractivity contribution in [2.24, 2.45) is 0 Å². The van der Waals surface area contributed by atoms with E-state index < -0.39 is 0 Å². The topological polar surface area (TPSA) is 33.2 Å². The van der Waals surface area contributed by atoms with Crippen molar-refractivity contribution in [2.45, 2.75) is 6.54 Å². The van der Waals surface area contributed by atoms with E-state index in [0.29, 0.717) is 26.8 Å². The number of carbonyl (C=O) groups is 1. The van der Waals surface area contributed by atoms with Crippen LogP contribution in [-0.4, -0.2) is 22.8 Å². The maximum atomic E-state index is 12.3. The Labute approximate surface area is 135 Å². The summed E-state index contributed by atoms with van der Waals surface area (Å²) < 4.78 is 0.661. The first-order valence-electron chi connectivity index (χ1n) is 5.79. The number of carbonyl (C=O) groups excluding carboxylic acids is 1. The first kappa shape index (κ1) is 15.3. The molecule has 1 aromatic heterocycles. The lowest BCUT2D eigenvalue weighted by Gasteiger charge is -2.18. The smallest absolute Gasteiger partial charge is 0.273 e. The lowest BCUT2D eigenvalue weighted by molar-refractivity contribution is 0.0778. The highest BCUT2D eigenvalue weighted by Crippen LogP contribution is 2.26. The molecule has 0 aliphatic carbocycles. The maximum absolute atomic E-state index is 12.3. The second kappa shape index (κ2) is 6.57. The van der Waals surface area contributed by atoms with Crippen molar-refractivity contribution < 1.29 is 4.79 Å². The normalized spacial score (nSPS) is 10.4. The van der Waals surface area contributed by atoms with Crippen LogP contribution in [0, 0.1) is 0 Å². The molecule has 0 unspecified atom stereocenters. The maximum Gasteiger partial charge on any atom is 0.273 e. The van der Waals surface area contributed by atoms with Gasteiger partial charge in [-0.2, -0.15) is 0 Å². The fourth-order valence-corrected chi connectivity index (χ4v) is 2.53. The summed E-state index contributed by atoms with van der Waals surface area (Å²) in [6.07, 6.45) is 1.58. The molecule has 6 heteroatoms. The van der Waals surface area contributed by atoms with Crippen LogP contribution in [0.5, 0.6) is 0 Å². The van der Waals surface area contributed by atoms with Crippen LogP contribution >= 0.6 is 39.1 Å². The average molecular weight is 374 g/mol. The van der Waals surface area contributed by atoms with Crippen molar-refractivity contribution in [3.63, 3.8) is 0 Å². The molecule has 0 bridgehead atoms. The fourth-order valence-electron chi connectivity index (χ4n) is 1.72. The molecule has 2 aromatic rings. The Morgan fingerprint density at radius 1 is 1.30 bits per heavy atom. The molecule has 2 rings (SSSR count). The molecule has 0 spiro atoms. The zero-order chi connectivity index (χ0) is 14.7. The van der Waals surface area contributed by atoms with Crippen molar-refractivity contribution in [2.75, 3.05) is 7.05 Å². The highest BCUT2D eigenvalue weighted by atomic mass is 79.9. The summed E-state index contributed by atoms with van der Waals surface area (Å²) in [6, 6.07) is 8.89. The highest BCUT2D eigenvalue weighted by molar-refractivity contribution is 9.10. The Morgan fingerprint density at radius 2 is 2.05 bits per heavy atom. The van der Waals surface area contributed by atoms with Gasteiger partial charge in [-0.3, -0.25) is 4.79 Å². The molecule has 0 saturated carbocycles. The van der Waals surface area contributed by atoms with Crippen LogP contribution in [0.1, 0.15) is 16.1 Å². The zero-order valence-corrected chi connectivity index (χ0v) is 13.7. The molecule has 0 N–H and O–H groups in total. The summed E-state index contributed by atoms with van der Waals surface area (Å²) in [5.41, 5.74) is 1.16. The van der Waals surface area contributed by atoms with Crippen LogP contribution in [0.3, 0.4) is 0 Å². The molecule has 3 nitrogen and oxygen atoms in total. The zero-order valence-electron chi connectivity index (χ0n) is 10.6. The number of benzene rings is 1. The predicted octanol–water partition coefficient (Wildman–Crippen LogP) is 4.42. The highest BCUT2D eigenvalue weighted by Gasteiger charge is 2.17. The lowest BCUT2D eigenvalue weighted by Crippen LogP contribution is -2.27. The van der Waals surface area contributed by atoms with Crippen molar-refractivity contribution in [3.05, 3.63) is 62.3 Å². The van der Waals surface area contributed by atoms with E-state index in [-0.39, 0.29) is 5.91 Å². The quantitative estimate of drug-likeness (QED) is 0.797. The molecule has 1 aromatic carbocycles. The van der Waals surface area contributed by atoms with Crippen molar-refractivity contribution in [1.82, 2.24) is 9.88 Å². The van der Waals surface area contributed by atoms with Gasteiger partial charge in [0.2, 0.25) is 0 Å². The number of amides is 1. The van der Waals surface area contributed by atoms with Gasteiger partial charge >= 0.3 is 0 Å². The molecule has 1 amide bonds. The summed E-state index contributed by atoms with van der Waals surface area (Å²) in [5, 5.41) is 0.943. The Kier molecular flexibility index (Phi) is 5.02. The molecule has 0 aliphatic rings. The third kappa shape index (κ3) is 3.32. The summed E-state index contributed by atoms with van der Waals surface area (Å²) in [5.74, 6) is -0.187. The number of nitrogens with zero attached hydrogens (tertiary/aromatic N) is 2. The van der Waals surface area contributed by atoms with Gasteiger partial charge in [-0.15, -0.1) is 0 Å². The lowest BCUT2D eigenvalue weighted by atomic mass is 10.2. The number of hydrogen-bond donors (Lipinski definition) is 0. The second-order valence-corrected chi connectivity index (χ2v) is 5.85. The molecule has 1 heterocycles. The van der Waals surface area contributed by atoms with Crippen molar-refractivity contribution >= 4 is 45.0 Å². The van der Waals surface area contributed by atoms with E-state index in [1.54, 1.807) is 42.4 Å². The van der Waals surface area contributed by atoms with E-state index >= 15 is 0 Å². The number of rotatable bonds is 3. The molecule has 0 fully saturated rings. The van der Waals surface area contributed by atoms with Crippen molar-refractivity contribution in [1.29, 1.82) is 0 Å². The van der Waals surface area contributed by atoms with Gasteiger partial charge in [0.25, 0.3) is 5.91 Å². The fraction of sp³-hybridized carbons (Fsp3) is 0.143. The Morgan fingerprint density at radius 3 is 2.75 bits per heavy atom. The van der Waals surface area contributed by atoms with Gasteiger partial charge < -0.3 is 4.90 Å². The summed E-state index contributed by atoms with van der Waals surface area (Å²) in [4.78, 5) is 18.0. The number of pyridine rings is 1. The van der Waals surface area contributed by atoms with Crippen LogP contribution in [0.4, 0.5) is 0 Å². The largest absolute Gasteiger partial charge is 0.336 e. The molecular formula is C14H11BrCl2N2O. The molecule has 20 heavy (non-hydrogen) atoms. The molecule has 0 saturated heterocycles. The summed E-state index contributed by atoms with van der Waals surface area (Å²) in [6.45, 7) is 0.362. The van der Waals surface area contributed by atoms with E-state index in [1.807, 2.05) is 6.07 Å². The molecular weight excluding hydrogens is 363 g/mol. The number of hydrogen-bond acceptors (Lipinski definition) is 2. The Balaban J connectivity index is 2.20. The minimum atomic E-state index is -0.187. The van der Waals surface area contributed by atoms with Gasteiger partial charge in [-0.25, -0.2) is 4.98 Å². The number of aromatic nitrogens is 1. The predicted molar refractivity (Wildman–Crippen MR) is 84.2 cm³/mol. The summed E-state index contributed by atoms with van der Waals surface area (Å²) >= 11 is 15.4. The minimum Gasteiger partial charge on any atom is -0.336 e. The first-order chi connectivity index (χ1) is 9.50. The molecule has 0 aliphatic heterocycles. The Hall–Kier alpha value is -1.10. The molecule has 0 atom stereocenters. The van der Waals surface area contributed by atoms with E-state index in [9.17, 15) is 4.79 Å². The van der Waals surface area contributed by atoms with E-state index in [4.69, 9.17) is 23.2 Å². The van der Waals surface area contributed by atoms with Crippen LogP contribution in [0.2, 0.25) is 10.0 Å². The molecule has 0 radical (unpaired) electrons. The van der Waals surface area contributed by atoms with Crippen LogP contribution in [0.15, 0.2) is 41.0 Å².